The van der Waals surface area contributed by atoms with Crippen LogP contribution in [0.5, 0.6) is 5.75 Å². The molecule has 164 valence electrons. The van der Waals surface area contributed by atoms with Gasteiger partial charge in [0.1, 0.15) is 5.75 Å². The van der Waals surface area contributed by atoms with Gasteiger partial charge in [-0.2, -0.15) is 0 Å². The van der Waals surface area contributed by atoms with E-state index in [-0.39, 0.29) is 10.8 Å². The Bertz CT molecular complexity index is 955. The van der Waals surface area contributed by atoms with Crippen molar-refractivity contribution in [1.29, 1.82) is 0 Å². The highest BCUT2D eigenvalue weighted by Crippen LogP contribution is 2.29. The second-order valence-corrected chi connectivity index (χ2v) is 10.8. The van der Waals surface area contributed by atoms with Crippen LogP contribution in [-0.4, -0.2) is 46.6 Å². The summed E-state index contributed by atoms with van der Waals surface area (Å²) in [6, 6.07) is 12.7. The first-order valence-electron chi connectivity index (χ1n) is 10.7. The Labute approximate surface area is 181 Å². The Kier molecular flexibility index (Phi) is 7.09. The van der Waals surface area contributed by atoms with E-state index in [9.17, 15) is 8.42 Å². The SMILES string of the molecule is Cc1ccc(N(CC(C)C)S(=O)(=O)c2ccc(OCC3CCN(C)C3)cc2)c(C)c1. The predicted molar refractivity (Wildman–Crippen MR) is 123 cm³/mol. The largest absolute Gasteiger partial charge is 0.493 e. The first kappa shape index (κ1) is 22.6. The van der Waals surface area contributed by atoms with E-state index >= 15 is 0 Å². The maximum absolute atomic E-state index is 13.5. The fraction of sp³-hybridized carbons (Fsp3) is 0.500. The smallest absolute Gasteiger partial charge is 0.264 e. The fourth-order valence-corrected chi connectivity index (χ4v) is 5.65. The zero-order valence-corrected chi connectivity index (χ0v) is 19.6. The lowest BCUT2D eigenvalue weighted by Gasteiger charge is -2.28. The molecule has 1 heterocycles. The summed E-state index contributed by atoms with van der Waals surface area (Å²) in [5.74, 6) is 1.45. The van der Waals surface area contributed by atoms with Crippen LogP contribution in [0.1, 0.15) is 31.4 Å². The average molecular weight is 431 g/mol. The summed E-state index contributed by atoms with van der Waals surface area (Å²) in [4.78, 5) is 2.59. The number of likely N-dealkylation sites (tertiary alicyclic amines) is 1. The van der Waals surface area contributed by atoms with E-state index in [0.29, 0.717) is 24.8 Å². The van der Waals surface area contributed by atoms with Gasteiger partial charge in [-0.05, 0) is 75.7 Å². The van der Waals surface area contributed by atoms with Crippen LogP contribution < -0.4 is 9.04 Å². The van der Waals surface area contributed by atoms with Crippen molar-refractivity contribution >= 4 is 15.7 Å². The van der Waals surface area contributed by atoms with E-state index in [1.165, 1.54) is 4.31 Å². The van der Waals surface area contributed by atoms with Crippen molar-refractivity contribution in [2.45, 2.75) is 39.0 Å². The van der Waals surface area contributed by atoms with Crippen LogP contribution in [-0.2, 0) is 10.0 Å². The Morgan fingerprint density at radius 3 is 2.40 bits per heavy atom. The van der Waals surface area contributed by atoms with Crippen LogP contribution in [0.2, 0.25) is 0 Å². The van der Waals surface area contributed by atoms with Crippen LogP contribution in [0.3, 0.4) is 0 Å². The van der Waals surface area contributed by atoms with E-state index < -0.39 is 10.0 Å². The predicted octanol–water partition coefficient (Wildman–Crippen LogP) is 4.49. The topological polar surface area (TPSA) is 49.9 Å². The van der Waals surface area contributed by atoms with Crippen molar-refractivity contribution in [3.63, 3.8) is 0 Å². The summed E-state index contributed by atoms with van der Waals surface area (Å²) in [7, 11) is -1.54. The number of anilines is 1. The second kappa shape index (κ2) is 9.40. The number of aryl methyl sites for hydroxylation is 2. The number of hydrogen-bond acceptors (Lipinski definition) is 4. The lowest BCUT2D eigenvalue weighted by Crippen LogP contribution is -2.34. The quantitative estimate of drug-likeness (QED) is 0.619. The third-order valence-corrected chi connectivity index (χ3v) is 7.33. The van der Waals surface area contributed by atoms with Gasteiger partial charge in [0.2, 0.25) is 0 Å². The van der Waals surface area contributed by atoms with E-state index in [4.69, 9.17) is 4.74 Å². The van der Waals surface area contributed by atoms with Gasteiger partial charge in [-0.25, -0.2) is 8.42 Å². The van der Waals surface area contributed by atoms with Gasteiger partial charge in [-0.3, -0.25) is 4.31 Å². The molecule has 3 rings (SSSR count). The molecular formula is C24H34N2O3S. The number of sulfonamides is 1. The molecule has 5 nitrogen and oxygen atoms in total. The van der Waals surface area contributed by atoms with Gasteiger partial charge >= 0.3 is 0 Å². The second-order valence-electron chi connectivity index (χ2n) is 8.92. The first-order valence-corrected chi connectivity index (χ1v) is 12.1. The van der Waals surface area contributed by atoms with Crippen molar-refractivity contribution in [1.82, 2.24) is 4.90 Å². The zero-order valence-electron chi connectivity index (χ0n) is 18.8. The van der Waals surface area contributed by atoms with Gasteiger partial charge in [0.05, 0.1) is 17.2 Å². The lowest BCUT2D eigenvalue weighted by atomic mass is 10.1. The molecule has 2 aromatic rings. The summed E-state index contributed by atoms with van der Waals surface area (Å²) in [5.41, 5.74) is 2.81. The van der Waals surface area contributed by atoms with Crippen molar-refractivity contribution in [2.24, 2.45) is 11.8 Å². The van der Waals surface area contributed by atoms with Crippen molar-refractivity contribution in [3.8, 4) is 5.75 Å². The molecular weight excluding hydrogens is 396 g/mol. The molecule has 0 saturated carbocycles. The summed E-state index contributed by atoms with van der Waals surface area (Å²) >= 11 is 0. The highest BCUT2D eigenvalue weighted by atomic mass is 32.2. The maximum Gasteiger partial charge on any atom is 0.264 e. The molecule has 1 aliphatic heterocycles. The number of benzene rings is 2. The summed E-state index contributed by atoms with van der Waals surface area (Å²) in [6.45, 7) is 11.3. The average Bonchev–Trinajstić information content (AvgIpc) is 3.10. The Morgan fingerprint density at radius 1 is 1.13 bits per heavy atom. The van der Waals surface area contributed by atoms with Crippen molar-refractivity contribution in [3.05, 3.63) is 53.6 Å². The molecule has 1 atom stereocenters. The van der Waals surface area contributed by atoms with Gasteiger partial charge < -0.3 is 9.64 Å². The number of ether oxygens (including phenoxy) is 1. The highest BCUT2D eigenvalue weighted by Gasteiger charge is 2.27. The molecule has 0 spiro atoms. The van der Waals surface area contributed by atoms with Crippen LogP contribution in [0.4, 0.5) is 5.69 Å². The van der Waals surface area contributed by atoms with Gasteiger partial charge in [-0.15, -0.1) is 0 Å². The number of rotatable bonds is 8. The normalized spacial score (nSPS) is 17.5. The third kappa shape index (κ3) is 5.35. The maximum atomic E-state index is 13.5. The molecule has 2 aromatic carbocycles. The molecule has 0 radical (unpaired) electrons. The van der Waals surface area contributed by atoms with Crippen molar-refractivity contribution < 1.29 is 13.2 Å². The molecule has 0 aliphatic carbocycles. The third-order valence-electron chi connectivity index (χ3n) is 5.54. The zero-order chi connectivity index (χ0) is 21.9. The van der Waals surface area contributed by atoms with Gasteiger partial charge in [-0.1, -0.05) is 31.5 Å². The minimum Gasteiger partial charge on any atom is -0.493 e. The molecule has 1 unspecified atom stereocenters. The van der Waals surface area contributed by atoms with Crippen LogP contribution >= 0.6 is 0 Å². The van der Waals surface area contributed by atoms with E-state index in [1.807, 2.05) is 45.9 Å². The van der Waals surface area contributed by atoms with Gasteiger partial charge in [0, 0.05) is 19.0 Å². The van der Waals surface area contributed by atoms with Gasteiger partial charge in [0.25, 0.3) is 10.0 Å². The van der Waals surface area contributed by atoms with E-state index in [2.05, 4.69) is 11.9 Å². The van der Waals surface area contributed by atoms with Gasteiger partial charge in [0.15, 0.2) is 0 Å². The Morgan fingerprint density at radius 2 is 1.83 bits per heavy atom. The van der Waals surface area contributed by atoms with Crippen LogP contribution in [0.25, 0.3) is 0 Å². The monoisotopic (exact) mass is 430 g/mol. The molecule has 0 amide bonds. The molecule has 0 aromatic heterocycles. The highest BCUT2D eigenvalue weighted by molar-refractivity contribution is 7.92. The number of nitrogens with zero attached hydrogens (tertiary/aromatic N) is 2. The Hall–Kier alpha value is -2.05. The lowest BCUT2D eigenvalue weighted by molar-refractivity contribution is 0.249. The molecule has 6 heteroatoms. The fourth-order valence-electron chi connectivity index (χ4n) is 3.95. The molecule has 0 N–H and O–H groups in total. The van der Waals surface area contributed by atoms with Crippen molar-refractivity contribution in [2.75, 3.05) is 37.6 Å². The minimum atomic E-state index is -3.67. The molecule has 0 bridgehead atoms. The molecule has 1 fully saturated rings. The summed E-state index contributed by atoms with van der Waals surface area (Å²) in [6.07, 6.45) is 1.14. The first-order chi connectivity index (χ1) is 14.2. The summed E-state index contributed by atoms with van der Waals surface area (Å²) in [5, 5.41) is 0. The van der Waals surface area contributed by atoms with Crippen LogP contribution in [0.15, 0.2) is 47.4 Å². The van der Waals surface area contributed by atoms with Crippen LogP contribution in [0, 0.1) is 25.7 Å². The number of hydrogen-bond donors (Lipinski definition) is 0. The molecule has 1 saturated heterocycles. The Balaban J connectivity index is 1.80. The molecule has 1 aliphatic rings. The standard InChI is InChI=1S/C24H34N2O3S/c1-18(2)15-26(24-11-6-19(3)14-20(24)4)30(27,28)23-9-7-22(8-10-23)29-17-21-12-13-25(5)16-21/h6-11,14,18,21H,12-13,15-17H2,1-5H3. The molecule has 30 heavy (non-hydrogen) atoms. The van der Waals surface area contributed by atoms with E-state index in [1.54, 1.807) is 24.3 Å². The minimum absolute atomic E-state index is 0.202. The van der Waals surface area contributed by atoms with E-state index in [0.717, 1.165) is 36.3 Å². The summed E-state index contributed by atoms with van der Waals surface area (Å²) < 4.78 is 34.5.